The van der Waals surface area contributed by atoms with Gasteiger partial charge in [0, 0.05) is 12.6 Å². The molecule has 0 radical (unpaired) electrons. The molecule has 0 bridgehead atoms. The molecule has 0 aromatic heterocycles. The Bertz CT molecular complexity index is 495. The molecule has 1 fully saturated rings. The molecule has 0 saturated carbocycles. The van der Waals surface area contributed by atoms with Gasteiger partial charge in [0.05, 0.1) is 0 Å². The number of nitrogens with zero attached hydrogens (tertiary/aromatic N) is 1. The van der Waals surface area contributed by atoms with Gasteiger partial charge in [-0.05, 0) is 48.5 Å². The van der Waals surface area contributed by atoms with Crippen molar-refractivity contribution in [3.05, 3.63) is 41.5 Å². The van der Waals surface area contributed by atoms with Gasteiger partial charge in [-0.25, -0.2) is 4.79 Å². The Morgan fingerprint density at radius 3 is 2.70 bits per heavy atom. The topological polar surface area (TPSA) is 40.5 Å². The Morgan fingerprint density at radius 1 is 1.35 bits per heavy atom. The summed E-state index contributed by atoms with van der Waals surface area (Å²) in [6, 6.07) is 8.10. The van der Waals surface area contributed by atoms with Gasteiger partial charge in [-0.3, -0.25) is 4.90 Å². The van der Waals surface area contributed by atoms with E-state index in [-0.39, 0.29) is 0 Å². The number of aliphatic carboxylic acids is 1. The predicted octanol–water partition coefficient (Wildman–Crippen LogP) is 3.41. The molecule has 1 heterocycles. The van der Waals surface area contributed by atoms with Crippen LogP contribution in [-0.4, -0.2) is 29.1 Å². The third-order valence-electron chi connectivity index (χ3n) is 3.99. The third kappa shape index (κ3) is 4.49. The van der Waals surface area contributed by atoms with Crippen LogP contribution in [0.1, 0.15) is 37.8 Å². The Balaban J connectivity index is 1.96. The zero-order chi connectivity index (χ0) is 14.6. The van der Waals surface area contributed by atoms with Crippen molar-refractivity contribution in [3.63, 3.8) is 0 Å². The highest BCUT2D eigenvalue weighted by Crippen LogP contribution is 2.30. The molecule has 3 nitrogen and oxygen atoms in total. The first-order valence-electron chi connectivity index (χ1n) is 7.17. The van der Waals surface area contributed by atoms with Gasteiger partial charge in [0.25, 0.3) is 0 Å². The van der Waals surface area contributed by atoms with Gasteiger partial charge in [0.1, 0.15) is 0 Å². The summed E-state index contributed by atoms with van der Waals surface area (Å²) in [5.74, 6) is -0.909. The van der Waals surface area contributed by atoms with Crippen molar-refractivity contribution in [2.75, 3.05) is 13.1 Å². The Labute approximate surface area is 120 Å². The van der Waals surface area contributed by atoms with Crippen molar-refractivity contribution in [3.8, 4) is 0 Å². The molecule has 1 aromatic carbocycles. The molecule has 1 aromatic rings. The van der Waals surface area contributed by atoms with Gasteiger partial charge >= 0.3 is 5.97 Å². The summed E-state index contributed by atoms with van der Waals surface area (Å²) in [7, 11) is 0. The normalized spacial score (nSPS) is 19.3. The van der Waals surface area contributed by atoms with Crippen molar-refractivity contribution in [2.24, 2.45) is 5.41 Å². The molecular weight excluding hydrogens is 250 g/mol. The summed E-state index contributed by atoms with van der Waals surface area (Å²) in [6.07, 6.45) is 5.31. The summed E-state index contributed by atoms with van der Waals surface area (Å²) >= 11 is 0. The minimum atomic E-state index is -0.909. The maximum Gasteiger partial charge on any atom is 0.328 e. The Hall–Kier alpha value is -1.61. The van der Waals surface area contributed by atoms with Crippen LogP contribution in [0.3, 0.4) is 0 Å². The van der Waals surface area contributed by atoms with Crippen molar-refractivity contribution in [1.82, 2.24) is 4.90 Å². The van der Waals surface area contributed by atoms with Crippen LogP contribution in [0.2, 0.25) is 0 Å². The zero-order valence-electron chi connectivity index (χ0n) is 12.3. The molecule has 108 valence electrons. The summed E-state index contributed by atoms with van der Waals surface area (Å²) in [4.78, 5) is 13.0. The average molecular weight is 273 g/mol. The minimum Gasteiger partial charge on any atom is -0.478 e. The minimum absolute atomic E-state index is 0.475. The van der Waals surface area contributed by atoms with Crippen molar-refractivity contribution in [1.29, 1.82) is 0 Å². The Morgan fingerprint density at radius 2 is 2.05 bits per heavy atom. The molecule has 2 rings (SSSR count). The number of likely N-dealkylation sites (tertiary alicyclic amines) is 1. The molecule has 1 saturated heterocycles. The third-order valence-corrected chi connectivity index (χ3v) is 3.99. The fraction of sp³-hybridized carbons (Fsp3) is 0.471. The monoisotopic (exact) mass is 273 g/mol. The molecule has 0 unspecified atom stereocenters. The van der Waals surface area contributed by atoms with Gasteiger partial charge in [-0.1, -0.05) is 38.1 Å². The SMILES string of the molecule is CC1(C)CCN(Cc2cccc(C=CC(=O)O)c2)CC1. The van der Waals surface area contributed by atoms with E-state index in [9.17, 15) is 4.79 Å². The van der Waals surface area contributed by atoms with Crippen LogP contribution in [0, 0.1) is 5.41 Å². The quantitative estimate of drug-likeness (QED) is 0.855. The maximum absolute atomic E-state index is 10.5. The molecule has 1 aliphatic heterocycles. The van der Waals surface area contributed by atoms with Crippen LogP contribution in [0.25, 0.3) is 6.08 Å². The molecule has 20 heavy (non-hydrogen) atoms. The highest BCUT2D eigenvalue weighted by atomic mass is 16.4. The summed E-state index contributed by atoms with van der Waals surface area (Å²) in [5.41, 5.74) is 2.67. The number of carbonyl (C=O) groups is 1. The standard InChI is InChI=1S/C17H23NO2/c1-17(2)8-10-18(11-9-17)13-15-5-3-4-14(12-15)6-7-16(19)20/h3-7,12H,8-11,13H2,1-2H3,(H,19,20). The number of benzene rings is 1. The molecule has 0 amide bonds. The zero-order valence-corrected chi connectivity index (χ0v) is 12.3. The number of piperidine rings is 1. The largest absolute Gasteiger partial charge is 0.478 e. The van der Waals surface area contributed by atoms with E-state index in [0.29, 0.717) is 5.41 Å². The van der Waals surface area contributed by atoms with Gasteiger partial charge in [0.2, 0.25) is 0 Å². The van der Waals surface area contributed by atoms with Crippen LogP contribution in [0.5, 0.6) is 0 Å². The molecular formula is C17H23NO2. The van der Waals surface area contributed by atoms with Crippen LogP contribution >= 0.6 is 0 Å². The van der Waals surface area contributed by atoms with Crippen molar-refractivity contribution in [2.45, 2.75) is 33.2 Å². The van der Waals surface area contributed by atoms with E-state index in [1.54, 1.807) is 6.08 Å². The summed E-state index contributed by atoms with van der Waals surface area (Å²) < 4.78 is 0. The highest BCUT2D eigenvalue weighted by molar-refractivity contribution is 5.85. The first kappa shape index (κ1) is 14.8. The second-order valence-corrected chi connectivity index (χ2v) is 6.36. The summed E-state index contributed by atoms with van der Waals surface area (Å²) in [5, 5.41) is 8.66. The molecule has 1 N–H and O–H groups in total. The first-order valence-corrected chi connectivity index (χ1v) is 7.17. The van der Waals surface area contributed by atoms with E-state index in [2.05, 4.69) is 30.9 Å². The van der Waals surface area contributed by atoms with Crippen LogP contribution in [-0.2, 0) is 11.3 Å². The van der Waals surface area contributed by atoms with E-state index in [4.69, 9.17) is 5.11 Å². The van der Waals surface area contributed by atoms with Crippen molar-refractivity contribution < 1.29 is 9.90 Å². The molecule has 1 aliphatic rings. The first-order chi connectivity index (χ1) is 9.44. The number of carboxylic acids is 1. The van der Waals surface area contributed by atoms with Gasteiger partial charge in [-0.15, -0.1) is 0 Å². The fourth-order valence-electron chi connectivity index (χ4n) is 2.54. The number of carboxylic acid groups (broad SMARTS) is 1. The average Bonchev–Trinajstić information content (AvgIpc) is 2.39. The molecule has 0 atom stereocenters. The number of hydrogen-bond donors (Lipinski definition) is 1. The molecule has 0 aliphatic carbocycles. The second-order valence-electron chi connectivity index (χ2n) is 6.36. The van der Waals surface area contributed by atoms with E-state index in [0.717, 1.165) is 25.2 Å². The van der Waals surface area contributed by atoms with E-state index >= 15 is 0 Å². The van der Waals surface area contributed by atoms with Gasteiger partial charge in [-0.2, -0.15) is 0 Å². The van der Waals surface area contributed by atoms with E-state index < -0.39 is 5.97 Å². The summed E-state index contributed by atoms with van der Waals surface area (Å²) in [6.45, 7) is 7.90. The van der Waals surface area contributed by atoms with Crippen LogP contribution < -0.4 is 0 Å². The van der Waals surface area contributed by atoms with E-state index in [1.165, 1.54) is 24.5 Å². The van der Waals surface area contributed by atoms with Crippen LogP contribution in [0.15, 0.2) is 30.3 Å². The van der Waals surface area contributed by atoms with E-state index in [1.807, 2.05) is 12.1 Å². The lowest BCUT2D eigenvalue weighted by atomic mass is 9.82. The highest BCUT2D eigenvalue weighted by Gasteiger charge is 2.25. The fourth-order valence-corrected chi connectivity index (χ4v) is 2.54. The molecule has 0 spiro atoms. The lowest BCUT2D eigenvalue weighted by Gasteiger charge is -2.36. The molecule has 3 heteroatoms. The number of rotatable bonds is 4. The number of hydrogen-bond acceptors (Lipinski definition) is 2. The maximum atomic E-state index is 10.5. The van der Waals surface area contributed by atoms with Crippen molar-refractivity contribution >= 4 is 12.0 Å². The Kier molecular flexibility index (Phi) is 4.61. The van der Waals surface area contributed by atoms with Crippen LogP contribution in [0.4, 0.5) is 0 Å². The van der Waals surface area contributed by atoms with Gasteiger partial charge in [0.15, 0.2) is 0 Å². The lowest BCUT2D eigenvalue weighted by molar-refractivity contribution is -0.131. The van der Waals surface area contributed by atoms with Gasteiger partial charge < -0.3 is 5.11 Å². The predicted molar refractivity (Wildman–Crippen MR) is 81.4 cm³/mol. The lowest BCUT2D eigenvalue weighted by Crippen LogP contribution is -2.36. The smallest absolute Gasteiger partial charge is 0.328 e. The second kappa shape index (κ2) is 6.23.